The summed E-state index contributed by atoms with van der Waals surface area (Å²) in [4.78, 5) is 18.8. The molecule has 3 aliphatic heterocycles. The van der Waals surface area contributed by atoms with E-state index >= 15 is 0 Å². The summed E-state index contributed by atoms with van der Waals surface area (Å²) in [7, 11) is 0. The number of hydrogen-bond donors (Lipinski definition) is 0. The molecule has 22 heavy (non-hydrogen) atoms. The van der Waals surface area contributed by atoms with Crippen molar-refractivity contribution in [1.29, 1.82) is 0 Å². The average Bonchev–Trinajstić information content (AvgIpc) is 3.15. The van der Waals surface area contributed by atoms with Gasteiger partial charge < -0.3 is 14.4 Å². The van der Waals surface area contributed by atoms with Crippen LogP contribution in [0.15, 0.2) is 24.5 Å². The highest BCUT2D eigenvalue weighted by Crippen LogP contribution is 2.38. The molecule has 0 N–H and O–H groups in total. The van der Waals surface area contributed by atoms with Crippen molar-refractivity contribution in [3.8, 4) is 5.75 Å². The maximum atomic E-state index is 12.7. The monoisotopic (exact) mass is 302 g/mol. The number of carbonyl (C=O) groups excluding carboxylic acids is 1. The molecule has 1 amide bonds. The molecule has 5 heteroatoms. The normalized spacial score (nSPS) is 33.9. The molecular formula is C17H22N2O3. The second kappa shape index (κ2) is 5.88. The van der Waals surface area contributed by atoms with Crippen molar-refractivity contribution in [2.75, 3.05) is 6.61 Å². The number of hydrogen-bond acceptors (Lipinski definition) is 4. The van der Waals surface area contributed by atoms with E-state index in [1.54, 1.807) is 12.4 Å². The summed E-state index contributed by atoms with van der Waals surface area (Å²) in [5.41, 5.74) is 0. The van der Waals surface area contributed by atoms with Crippen LogP contribution in [0, 0.1) is 0 Å². The Morgan fingerprint density at radius 2 is 1.91 bits per heavy atom. The molecule has 3 saturated heterocycles. The summed E-state index contributed by atoms with van der Waals surface area (Å²) in [6.07, 6.45) is 9.45. The van der Waals surface area contributed by atoms with Gasteiger partial charge >= 0.3 is 0 Å². The van der Waals surface area contributed by atoms with Gasteiger partial charge in [-0.15, -0.1) is 0 Å². The molecule has 0 radical (unpaired) electrons. The lowest BCUT2D eigenvalue weighted by Crippen LogP contribution is -2.52. The maximum Gasteiger partial charge on any atom is 0.252 e. The summed E-state index contributed by atoms with van der Waals surface area (Å²) in [6, 6.07) is 4.43. The Balaban J connectivity index is 1.42. The second-order valence-corrected chi connectivity index (χ2v) is 6.53. The fraction of sp³-hybridized carbons (Fsp3) is 0.647. The second-order valence-electron chi connectivity index (χ2n) is 6.53. The molecule has 3 atom stereocenters. The molecule has 0 aliphatic carbocycles. The number of nitrogens with zero attached hydrogens (tertiary/aromatic N) is 2. The predicted octanol–water partition coefficient (Wildman–Crippen LogP) is 2.16. The lowest BCUT2D eigenvalue weighted by Gasteiger charge is -2.39. The lowest BCUT2D eigenvalue weighted by atomic mass is 9.98. The predicted molar refractivity (Wildman–Crippen MR) is 80.5 cm³/mol. The zero-order valence-electron chi connectivity index (χ0n) is 12.7. The van der Waals surface area contributed by atoms with Crippen molar-refractivity contribution < 1.29 is 14.3 Å². The average molecular weight is 302 g/mol. The van der Waals surface area contributed by atoms with Gasteiger partial charge in [0, 0.05) is 43.9 Å². The van der Waals surface area contributed by atoms with Crippen LogP contribution in [0.25, 0.3) is 0 Å². The first-order chi connectivity index (χ1) is 10.8. The molecular weight excluding hydrogens is 280 g/mol. The number of ether oxygens (including phenoxy) is 2. The van der Waals surface area contributed by atoms with Crippen LogP contribution in [0.1, 0.15) is 38.5 Å². The smallest absolute Gasteiger partial charge is 0.252 e. The van der Waals surface area contributed by atoms with Crippen LogP contribution in [0.2, 0.25) is 0 Å². The van der Waals surface area contributed by atoms with Crippen molar-refractivity contribution in [1.82, 2.24) is 9.88 Å². The Hall–Kier alpha value is -1.62. The Kier molecular flexibility index (Phi) is 3.74. The first kappa shape index (κ1) is 14.0. The number of carbonyl (C=O) groups is 1. The van der Waals surface area contributed by atoms with E-state index in [-0.39, 0.29) is 18.1 Å². The summed E-state index contributed by atoms with van der Waals surface area (Å²) < 4.78 is 11.7. The minimum absolute atomic E-state index is 0.194. The summed E-state index contributed by atoms with van der Waals surface area (Å²) in [6.45, 7) is 0.730. The van der Waals surface area contributed by atoms with Gasteiger partial charge in [-0.1, -0.05) is 0 Å². The van der Waals surface area contributed by atoms with Gasteiger partial charge in [-0.05, 0) is 37.8 Å². The van der Waals surface area contributed by atoms with Crippen LogP contribution in [0.5, 0.6) is 5.75 Å². The third kappa shape index (κ3) is 2.58. The highest BCUT2D eigenvalue weighted by molar-refractivity contribution is 5.82. The lowest BCUT2D eigenvalue weighted by molar-refractivity contribution is -0.146. The van der Waals surface area contributed by atoms with Crippen molar-refractivity contribution in [2.45, 2.75) is 62.8 Å². The van der Waals surface area contributed by atoms with Crippen LogP contribution < -0.4 is 4.74 Å². The minimum atomic E-state index is -0.194. The van der Waals surface area contributed by atoms with Crippen LogP contribution in [0.4, 0.5) is 0 Å². The van der Waals surface area contributed by atoms with Gasteiger partial charge in [0.25, 0.3) is 5.91 Å². The van der Waals surface area contributed by atoms with Crippen LogP contribution >= 0.6 is 0 Å². The zero-order chi connectivity index (χ0) is 14.9. The number of piperidine rings is 1. The van der Waals surface area contributed by atoms with Crippen molar-refractivity contribution in [3.05, 3.63) is 24.5 Å². The summed E-state index contributed by atoms with van der Waals surface area (Å²) >= 11 is 0. The van der Waals surface area contributed by atoms with E-state index in [4.69, 9.17) is 9.47 Å². The molecule has 1 aromatic rings. The molecule has 3 aliphatic rings. The first-order valence-corrected chi connectivity index (χ1v) is 8.32. The molecule has 2 bridgehead atoms. The molecule has 3 fully saturated rings. The van der Waals surface area contributed by atoms with E-state index in [9.17, 15) is 4.79 Å². The Bertz CT molecular complexity index is 516. The number of amides is 1. The Morgan fingerprint density at radius 3 is 2.55 bits per heavy atom. The minimum Gasteiger partial charge on any atom is -0.490 e. The van der Waals surface area contributed by atoms with E-state index in [2.05, 4.69) is 9.88 Å². The quantitative estimate of drug-likeness (QED) is 0.858. The highest BCUT2D eigenvalue weighted by Gasteiger charge is 2.46. The zero-order valence-corrected chi connectivity index (χ0v) is 12.7. The van der Waals surface area contributed by atoms with Gasteiger partial charge in [-0.2, -0.15) is 0 Å². The van der Waals surface area contributed by atoms with E-state index in [1.165, 1.54) is 0 Å². The Morgan fingerprint density at radius 1 is 1.18 bits per heavy atom. The van der Waals surface area contributed by atoms with Crippen molar-refractivity contribution >= 4 is 5.91 Å². The molecule has 5 nitrogen and oxygen atoms in total. The van der Waals surface area contributed by atoms with Crippen LogP contribution in [-0.2, 0) is 9.53 Å². The largest absolute Gasteiger partial charge is 0.490 e. The molecule has 1 aromatic heterocycles. The van der Waals surface area contributed by atoms with Gasteiger partial charge in [0.05, 0.1) is 0 Å². The molecule has 0 spiro atoms. The van der Waals surface area contributed by atoms with E-state index < -0.39 is 0 Å². The molecule has 4 rings (SSSR count). The first-order valence-electron chi connectivity index (χ1n) is 8.32. The summed E-state index contributed by atoms with van der Waals surface area (Å²) in [5, 5.41) is 0. The topological polar surface area (TPSA) is 51.7 Å². The summed E-state index contributed by atoms with van der Waals surface area (Å²) in [5.74, 6) is 1.09. The maximum absolute atomic E-state index is 12.7. The highest BCUT2D eigenvalue weighted by atomic mass is 16.5. The number of aromatic nitrogens is 1. The molecule has 3 unspecified atom stereocenters. The van der Waals surface area contributed by atoms with Crippen LogP contribution in [0.3, 0.4) is 0 Å². The van der Waals surface area contributed by atoms with E-state index in [1.807, 2.05) is 12.1 Å². The standard InChI is InChI=1S/C17H22N2O3/c20-17(16-2-1-9-21-16)19-12-3-4-13(19)11-15(10-12)22-14-5-7-18-8-6-14/h5-8,12-13,15-16H,1-4,9-11H2. The third-order valence-electron chi connectivity index (χ3n) is 5.10. The van der Waals surface area contributed by atoms with Crippen molar-refractivity contribution in [3.63, 3.8) is 0 Å². The van der Waals surface area contributed by atoms with E-state index in [0.717, 1.165) is 50.9 Å². The number of pyridine rings is 1. The van der Waals surface area contributed by atoms with Gasteiger partial charge in [-0.3, -0.25) is 9.78 Å². The van der Waals surface area contributed by atoms with Crippen LogP contribution in [-0.4, -0.2) is 46.7 Å². The fourth-order valence-electron chi connectivity index (χ4n) is 4.13. The van der Waals surface area contributed by atoms with Crippen molar-refractivity contribution in [2.24, 2.45) is 0 Å². The molecule has 118 valence electrons. The van der Waals surface area contributed by atoms with Gasteiger partial charge in [0.15, 0.2) is 0 Å². The fourth-order valence-corrected chi connectivity index (χ4v) is 4.13. The van der Waals surface area contributed by atoms with Gasteiger partial charge in [0.2, 0.25) is 0 Å². The van der Waals surface area contributed by atoms with E-state index in [0.29, 0.717) is 12.1 Å². The molecule has 4 heterocycles. The SMILES string of the molecule is O=C(C1CCCO1)N1C2CCC1CC(Oc1ccncc1)C2. The number of rotatable bonds is 3. The van der Waals surface area contributed by atoms with Gasteiger partial charge in [-0.25, -0.2) is 0 Å². The number of fused-ring (bicyclic) bond motifs is 2. The third-order valence-corrected chi connectivity index (χ3v) is 5.10. The Labute approximate surface area is 130 Å². The van der Waals surface area contributed by atoms with Gasteiger partial charge in [0.1, 0.15) is 18.0 Å². The molecule has 0 aromatic carbocycles. The molecule has 0 saturated carbocycles.